The summed E-state index contributed by atoms with van der Waals surface area (Å²) in [6.07, 6.45) is 3.03. The van der Waals surface area contributed by atoms with E-state index < -0.39 is 7.26 Å². The molecule has 0 aromatic rings. The van der Waals surface area contributed by atoms with E-state index in [1.807, 2.05) is 0 Å². The van der Waals surface area contributed by atoms with E-state index in [9.17, 15) is 4.79 Å². The van der Waals surface area contributed by atoms with Crippen molar-refractivity contribution in [2.75, 3.05) is 6.16 Å². The molecule has 0 spiro atoms. The zero-order chi connectivity index (χ0) is 11.4. The van der Waals surface area contributed by atoms with E-state index in [0.29, 0.717) is 0 Å². The summed E-state index contributed by atoms with van der Waals surface area (Å²) in [5.41, 5.74) is 2.34. The number of hydrogen-bond donors (Lipinski definition) is 0. The van der Waals surface area contributed by atoms with Crippen LogP contribution in [0.2, 0.25) is 0 Å². The molecule has 0 atom stereocenters. The van der Waals surface area contributed by atoms with E-state index in [1.54, 1.807) is 0 Å². The SMILES string of the molecule is CC(C)[PH](CCC=O)(C(C)C)C(C)C. The molecule has 0 N–H and O–H groups in total. The standard InChI is InChI=1S/C12H27OP/c1-10(2)14(11(3)4,12(5)6)9-7-8-13/h8,10-12,14H,7,9H2,1-6H3. The number of aldehydes is 1. The van der Waals surface area contributed by atoms with Crippen LogP contribution in [0.15, 0.2) is 0 Å². The molecule has 0 bridgehead atoms. The summed E-state index contributed by atoms with van der Waals surface area (Å²) < 4.78 is 0. The summed E-state index contributed by atoms with van der Waals surface area (Å²) in [5, 5.41) is 0. The van der Waals surface area contributed by atoms with Gasteiger partial charge in [0, 0.05) is 0 Å². The molecule has 0 aromatic carbocycles. The van der Waals surface area contributed by atoms with Gasteiger partial charge in [-0.1, -0.05) is 0 Å². The van der Waals surface area contributed by atoms with Gasteiger partial charge in [0.25, 0.3) is 0 Å². The van der Waals surface area contributed by atoms with Crippen molar-refractivity contribution in [1.82, 2.24) is 0 Å². The fourth-order valence-electron chi connectivity index (χ4n) is 3.17. The Balaban J connectivity index is 4.84. The maximum absolute atomic E-state index is 10.5. The predicted molar refractivity (Wildman–Crippen MR) is 69.3 cm³/mol. The Morgan fingerprint density at radius 2 is 1.29 bits per heavy atom. The van der Waals surface area contributed by atoms with Crippen LogP contribution < -0.4 is 0 Å². The molecule has 0 aliphatic rings. The van der Waals surface area contributed by atoms with E-state index in [4.69, 9.17) is 0 Å². The number of rotatable bonds is 6. The minimum absolute atomic E-state index is 0.765. The van der Waals surface area contributed by atoms with Gasteiger partial charge in [-0.25, -0.2) is 0 Å². The van der Waals surface area contributed by atoms with Gasteiger partial charge in [0.15, 0.2) is 0 Å². The first-order valence-electron chi connectivity index (χ1n) is 5.83. The van der Waals surface area contributed by atoms with Crippen LogP contribution in [-0.2, 0) is 4.79 Å². The van der Waals surface area contributed by atoms with Gasteiger partial charge in [-0.3, -0.25) is 0 Å². The van der Waals surface area contributed by atoms with Gasteiger partial charge in [-0.2, -0.15) is 0 Å². The summed E-state index contributed by atoms with van der Waals surface area (Å²) in [4.78, 5) is 10.5. The molecule has 1 nitrogen and oxygen atoms in total. The molecule has 0 amide bonds. The summed E-state index contributed by atoms with van der Waals surface area (Å²) >= 11 is 0. The second-order valence-electron chi connectivity index (χ2n) is 5.28. The molecule has 0 aliphatic heterocycles. The van der Waals surface area contributed by atoms with Gasteiger partial charge < -0.3 is 0 Å². The fraction of sp³-hybridized carbons (Fsp3) is 0.917. The average molecular weight is 218 g/mol. The Morgan fingerprint density at radius 3 is 1.50 bits per heavy atom. The van der Waals surface area contributed by atoms with E-state index >= 15 is 0 Å². The van der Waals surface area contributed by atoms with Gasteiger partial charge in [0.2, 0.25) is 0 Å². The van der Waals surface area contributed by atoms with Crippen molar-refractivity contribution >= 4 is 13.5 Å². The molecule has 86 valence electrons. The Morgan fingerprint density at radius 1 is 0.929 bits per heavy atom. The monoisotopic (exact) mass is 218 g/mol. The van der Waals surface area contributed by atoms with Crippen LogP contribution in [0.4, 0.5) is 0 Å². The molecule has 0 fully saturated rings. The summed E-state index contributed by atoms with van der Waals surface area (Å²) in [6.45, 7) is 14.1. The summed E-state index contributed by atoms with van der Waals surface area (Å²) in [5.74, 6) is 0. The molecule has 0 saturated heterocycles. The van der Waals surface area contributed by atoms with Gasteiger partial charge in [0.05, 0.1) is 0 Å². The van der Waals surface area contributed by atoms with Crippen LogP contribution in [0.1, 0.15) is 48.0 Å². The number of carbonyl (C=O) groups is 1. The van der Waals surface area contributed by atoms with Crippen LogP contribution in [0.5, 0.6) is 0 Å². The average Bonchev–Trinajstić information content (AvgIpc) is 2.03. The molecule has 0 unspecified atom stereocenters. The second-order valence-corrected chi connectivity index (χ2v) is 11.5. The molecule has 0 radical (unpaired) electrons. The first kappa shape index (κ1) is 14.1. The molecule has 0 aromatic heterocycles. The Bertz CT molecular complexity index is 151. The van der Waals surface area contributed by atoms with Crippen molar-refractivity contribution in [2.45, 2.75) is 64.9 Å². The molecule has 2 heteroatoms. The molecular formula is C12H27OP. The number of carbonyl (C=O) groups excluding carboxylic acids is 1. The van der Waals surface area contributed by atoms with Gasteiger partial charge in [-0.05, 0) is 0 Å². The van der Waals surface area contributed by atoms with E-state index in [-0.39, 0.29) is 0 Å². The Labute approximate surface area is 90.0 Å². The third kappa shape index (κ3) is 2.79. The van der Waals surface area contributed by atoms with Gasteiger partial charge in [0.1, 0.15) is 0 Å². The van der Waals surface area contributed by atoms with Gasteiger partial charge >= 0.3 is 89.4 Å². The third-order valence-electron chi connectivity index (χ3n) is 3.92. The maximum atomic E-state index is 10.5. The first-order valence-corrected chi connectivity index (χ1v) is 8.27. The molecular weight excluding hydrogens is 191 g/mol. The van der Waals surface area contributed by atoms with Crippen LogP contribution in [0.25, 0.3) is 0 Å². The fourth-order valence-corrected chi connectivity index (χ4v) is 9.52. The van der Waals surface area contributed by atoms with Crippen molar-refractivity contribution in [1.29, 1.82) is 0 Å². The van der Waals surface area contributed by atoms with Crippen LogP contribution in [-0.4, -0.2) is 29.4 Å². The molecule has 14 heavy (non-hydrogen) atoms. The molecule has 0 heterocycles. The molecule has 0 aliphatic carbocycles. The van der Waals surface area contributed by atoms with Gasteiger partial charge in [-0.15, -0.1) is 0 Å². The predicted octanol–water partition coefficient (Wildman–Crippen LogP) is 3.55. The summed E-state index contributed by atoms with van der Waals surface area (Å²) in [6, 6.07) is 0. The van der Waals surface area contributed by atoms with E-state index in [0.717, 1.165) is 29.7 Å². The Hall–Kier alpha value is 0.100. The van der Waals surface area contributed by atoms with E-state index in [2.05, 4.69) is 41.5 Å². The normalized spacial score (nSPS) is 14.1. The molecule has 0 rings (SSSR count). The quantitative estimate of drug-likeness (QED) is 0.492. The zero-order valence-corrected chi connectivity index (χ0v) is 11.6. The number of hydrogen-bond acceptors (Lipinski definition) is 1. The first-order chi connectivity index (χ1) is 6.39. The van der Waals surface area contributed by atoms with Crippen LogP contribution in [0, 0.1) is 0 Å². The van der Waals surface area contributed by atoms with Crippen molar-refractivity contribution in [3.63, 3.8) is 0 Å². The van der Waals surface area contributed by atoms with Crippen molar-refractivity contribution in [2.24, 2.45) is 0 Å². The third-order valence-corrected chi connectivity index (χ3v) is 11.5. The van der Waals surface area contributed by atoms with Crippen molar-refractivity contribution in [3.05, 3.63) is 0 Å². The van der Waals surface area contributed by atoms with E-state index in [1.165, 1.54) is 6.16 Å². The van der Waals surface area contributed by atoms with Crippen LogP contribution in [0.3, 0.4) is 0 Å². The van der Waals surface area contributed by atoms with Crippen molar-refractivity contribution < 1.29 is 4.79 Å². The second kappa shape index (κ2) is 5.85. The minimum atomic E-state index is -1.28. The van der Waals surface area contributed by atoms with Crippen LogP contribution >= 0.6 is 7.26 Å². The summed E-state index contributed by atoms with van der Waals surface area (Å²) in [7, 11) is -1.28. The Kier molecular flexibility index (Phi) is 5.90. The topological polar surface area (TPSA) is 17.1 Å². The van der Waals surface area contributed by atoms with Crippen molar-refractivity contribution in [3.8, 4) is 0 Å². The molecule has 0 saturated carbocycles. The zero-order valence-electron chi connectivity index (χ0n) is 10.6.